The van der Waals surface area contributed by atoms with E-state index < -0.39 is 0 Å². The van der Waals surface area contributed by atoms with Crippen LogP contribution in [-0.4, -0.2) is 46.6 Å². The first-order valence-corrected chi connectivity index (χ1v) is 13.8. The molecule has 6 rings (SSSR count). The lowest BCUT2D eigenvalue weighted by Gasteiger charge is -2.55. The third-order valence-electron chi connectivity index (χ3n) is 9.31. The lowest BCUT2D eigenvalue weighted by atomic mass is 9.59. The predicted molar refractivity (Wildman–Crippen MR) is 147 cm³/mol. The predicted octanol–water partition coefficient (Wildman–Crippen LogP) is 5.36. The van der Waals surface area contributed by atoms with Gasteiger partial charge in [0, 0.05) is 42.5 Å². The molecule has 0 spiro atoms. The van der Waals surface area contributed by atoms with Crippen LogP contribution >= 0.6 is 0 Å². The monoisotopic (exact) mass is 495 g/mol. The molecule has 1 aliphatic heterocycles. The normalized spacial score (nSPS) is 24.9. The maximum Gasteiger partial charge on any atom is 0.251 e. The number of likely N-dealkylation sites (tertiary alicyclic amines) is 1. The van der Waals surface area contributed by atoms with Gasteiger partial charge in [0.15, 0.2) is 0 Å². The third kappa shape index (κ3) is 4.77. The van der Waals surface area contributed by atoms with Gasteiger partial charge in [0.25, 0.3) is 5.91 Å². The second-order valence-corrected chi connectivity index (χ2v) is 11.6. The Balaban J connectivity index is 1.09. The van der Waals surface area contributed by atoms with Crippen LogP contribution in [0, 0.1) is 11.8 Å². The van der Waals surface area contributed by atoms with E-state index >= 15 is 0 Å². The van der Waals surface area contributed by atoms with Gasteiger partial charge >= 0.3 is 0 Å². The minimum absolute atomic E-state index is 0.0131. The molecule has 1 unspecified atom stereocenters. The third-order valence-corrected chi connectivity index (χ3v) is 9.31. The van der Waals surface area contributed by atoms with Crippen LogP contribution in [0.1, 0.15) is 60.2 Å². The van der Waals surface area contributed by atoms with Crippen LogP contribution in [0.15, 0.2) is 60.8 Å². The van der Waals surface area contributed by atoms with Gasteiger partial charge in [-0.3, -0.25) is 9.69 Å². The average Bonchev–Trinajstić information content (AvgIpc) is 3.73. The van der Waals surface area contributed by atoms with Crippen LogP contribution < -0.4 is 5.32 Å². The molecule has 2 bridgehead atoms. The Morgan fingerprint density at radius 2 is 1.89 bits per heavy atom. The van der Waals surface area contributed by atoms with Crippen molar-refractivity contribution < 1.29 is 9.90 Å². The van der Waals surface area contributed by atoms with Gasteiger partial charge in [0.1, 0.15) is 0 Å². The fraction of sp³-hybridized carbons (Fsp3) is 0.438. The highest BCUT2D eigenvalue weighted by Crippen LogP contribution is 2.49. The smallest absolute Gasteiger partial charge is 0.251 e. The van der Waals surface area contributed by atoms with Gasteiger partial charge < -0.3 is 10.4 Å². The molecule has 5 heteroatoms. The lowest BCUT2D eigenvalue weighted by Crippen LogP contribution is -2.58. The fourth-order valence-corrected chi connectivity index (χ4v) is 6.55. The number of aromatic hydroxyl groups is 1. The molecule has 3 aromatic rings. The zero-order chi connectivity index (χ0) is 25.6. The molecule has 5 nitrogen and oxygen atoms in total. The number of hydrogen-bond acceptors (Lipinski definition) is 4. The van der Waals surface area contributed by atoms with Crippen molar-refractivity contribution in [3.8, 4) is 17.0 Å². The molecule has 3 atom stereocenters. The van der Waals surface area contributed by atoms with Crippen molar-refractivity contribution in [3.63, 3.8) is 0 Å². The summed E-state index contributed by atoms with van der Waals surface area (Å²) in [4.78, 5) is 19.8. The van der Waals surface area contributed by atoms with Crippen molar-refractivity contribution in [2.24, 2.45) is 11.8 Å². The topological polar surface area (TPSA) is 65.5 Å². The number of carbonyl (C=O) groups is 1. The Kier molecular flexibility index (Phi) is 6.28. The van der Waals surface area contributed by atoms with Crippen molar-refractivity contribution in [1.82, 2.24) is 15.2 Å². The second kappa shape index (κ2) is 9.60. The summed E-state index contributed by atoms with van der Waals surface area (Å²) >= 11 is 0. The van der Waals surface area contributed by atoms with Crippen LogP contribution in [0.2, 0.25) is 0 Å². The molecule has 1 saturated carbocycles. The summed E-state index contributed by atoms with van der Waals surface area (Å²) in [5, 5.41) is 12.5. The number of nitrogens with zero attached hydrogens (tertiary/aromatic N) is 2. The van der Waals surface area contributed by atoms with Gasteiger partial charge in [-0.05, 0) is 96.4 Å². The highest BCUT2D eigenvalue weighted by atomic mass is 16.3. The van der Waals surface area contributed by atoms with Crippen LogP contribution in [0.25, 0.3) is 11.1 Å². The molecule has 37 heavy (non-hydrogen) atoms. The zero-order valence-corrected chi connectivity index (χ0v) is 21.9. The molecule has 2 N–H and O–H groups in total. The summed E-state index contributed by atoms with van der Waals surface area (Å²) in [5.41, 5.74) is 6.95. The van der Waals surface area contributed by atoms with E-state index in [1.54, 1.807) is 12.3 Å². The summed E-state index contributed by atoms with van der Waals surface area (Å²) in [6.07, 6.45) is 7.54. The summed E-state index contributed by atoms with van der Waals surface area (Å²) in [5.74, 6) is 1.57. The lowest BCUT2D eigenvalue weighted by molar-refractivity contribution is 0.0284. The Morgan fingerprint density at radius 1 is 1.11 bits per heavy atom. The molecule has 1 aromatic heterocycles. The summed E-state index contributed by atoms with van der Waals surface area (Å²) < 4.78 is 0. The largest absolute Gasteiger partial charge is 0.493 e. The number of pyridine rings is 1. The quantitative estimate of drug-likeness (QED) is 0.463. The van der Waals surface area contributed by atoms with E-state index in [4.69, 9.17) is 0 Å². The first-order chi connectivity index (χ1) is 17.9. The Labute approximate surface area is 219 Å². The number of fused-ring (bicyclic) bond motifs is 4. The number of nitrogens with one attached hydrogen (secondary N) is 1. The maximum absolute atomic E-state index is 13.1. The Morgan fingerprint density at radius 3 is 2.62 bits per heavy atom. The zero-order valence-electron chi connectivity index (χ0n) is 21.9. The average molecular weight is 496 g/mol. The molecular weight excluding hydrogens is 458 g/mol. The van der Waals surface area contributed by atoms with Crippen molar-refractivity contribution in [2.75, 3.05) is 19.6 Å². The van der Waals surface area contributed by atoms with Crippen molar-refractivity contribution in [3.05, 3.63) is 83.0 Å². The molecule has 192 valence electrons. The number of carbonyl (C=O) groups excluding carboxylic acids is 1. The molecule has 3 aliphatic rings. The van der Waals surface area contributed by atoms with Crippen LogP contribution in [0.3, 0.4) is 0 Å². The van der Waals surface area contributed by atoms with Crippen molar-refractivity contribution in [2.45, 2.75) is 57.4 Å². The fourth-order valence-electron chi connectivity index (χ4n) is 6.55. The van der Waals surface area contributed by atoms with Gasteiger partial charge in [0.05, 0.1) is 0 Å². The maximum atomic E-state index is 13.1. The van der Waals surface area contributed by atoms with Crippen molar-refractivity contribution >= 4 is 5.91 Å². The van der Waals surface area contributed by atoms with Crippen LogP contribution in [0.5, 0.6) is 5.88 Å². The molecule has 2 aliphatic carbocycles. The SMILES string of the molecule is CC1[C@H]2Cc3ccc(C(=O)NCCc4ccc(-c5ccc(O)nc5)cc4)cc3[C@@]1(C)CCN2CC1CC1. The van der Waals surface area contributed by atoms with Gasteiger partial charge in [0.2, 0.25) is 5.88 Å². The molecule has 2 aromatic carbocycles. The second-order valence-electron chi connectivity index (χ2n) is 11.6. The number of aromatic nitrogens is 1. The van der Waals surface area contributed by atoms with E-state index in [-0.39, 0.29) is 17.2 Å². The highest BCUT2D eigenvalue weighted by molar-refractivity contribution is 5.94. The standard InChI is InChI=1S/C32H37N3O2/c1-21-29-18-25-9-10-26(17-28(25)32(21,2)14-16-35(29)20-23-3-4-23)31(37)33-15-13-22-5-7-24(8-6-22)27-11-12-30(36)34-19-27/h5-12,17,19,21,23,29H,3-4,13-16,18,20H2,1-2H3,(H,33,37)(H,34,36)/t21?,29-,32+/m1/s1. The molecule has 0 radical (unpaired) electrons. The summed E-state index contributed by atoms with van der Waals surface area (Å²) in [6.45, 7) is 7.92. The number of hydrogen-bond donors (Lipinski definition) is 2. The minimum atomic E-state index is 0.0131. The Bertz CT molecular complexity index is 1280. The molecule has 2 heterocycles. The van der Waals surface area contributed by atoms with E-state index in [2.05, 4.69) is 65.4 Å². The molecular formula is C32H37N3O2. The summed E-state index contributed by atoms with van der Waals surface area (Å²) in [6, 6.07) is 18.8. The van der Waals surface area contributed by atoms with E-state index in [1.807, 2.05) is 12.1 Å². The minimum Gasteiger partial charge on any atom is -0.493 e. The summed E-state index contributed by atoms with van der Waals surface area (Å²) in [7, 11) is 0. The van der Waals surface area contributed by atoms with Gasteiger partial charge in [-0.25, -0.2) is 4.98 Å². The first kappa shape index (κ1) is 24.2. The van der Waals surface area contributed by atoms with Crippen molar-refractivity contribution in [1.29, 1.82) is 0 Å². The van der Waals surface area contributed by atoms with E-state index in [0.29, 0.717) is 18.5 Å². The first-order valence-electron chi connectivity index (χ1n) is 13.8. The number of benzene rings is 2. The van der Waals surface area contributed by atoms with Crippen LogP contribution in [0.4, 0.5) is 0 Å². The highest BCUT2D eigenvalue weighted by Gasteiger charge is 2.49. The molecule has 2 fully saturated rings. The van der Waals surface area contributed by atoms with Gasteiger partial charge in [-0.1, -0.05) is 44.2 Å². The van der Waals surface area contributed by atoms with E-state index in [1.165, 1.54) is 49.0 Å². The van der Waals surface area contributed by atoms with E-state index in [0.717, 1.165) is 35.4 Å². The van der Waals surface area contributed by atoms with E-state index in [9.17, 15) is 9.90 Å². The number of amides is 1. The number of rotatable bonds is 7. The molecule has 1 amide bonds. The van der Waals surface area contributed by atoms with Gasteiger partial charge in [-0.2, -0.15) is 0 Å². The van der Waals surface area contributed by atoms with Gasteiger partial charge in [-0.15, -0.1) is 0 Å². The molecule has 1 saturated heterocycles. The Hall–Kier alpha value is -3.18. The number of piperidine rings is 1. The van der Waals surface area contributed by atoms with Crippen LogP contribution in [-0.2, 0) is 18.3 Å².